The number of rotatable bonds is 39. The average molecular weight is 734 g/mol. The number of unbranched alkanes of at least 4 members (excludes halogenated alkanes) is 22. The number of nitrogens with two attached hydrogens (primary N) is 1. The fraction of sp³-hybridized carbons (Fsp3) is 0.844. The van der Waals surface area contributed by atoms with Gasteiger partial charge in [0.2, 0.25) is 0 Å². The van der Waals surface area contributed by atoms with Crippen LogP contribution in [0.25, 0.3) is 0 Å². The van der Waals surface area contributed by atoms with Crippen LogP contribution in [0.1, 0.15) is 213 Å². The smallest absolute Gasteiger partial charge is 0.306 e. The van der Waals surface area contributed by atoms with Crippen molar-refractivity contribution in [3.63, 3.8) is 0 Å². The molecule has 0 aromatic carbocycles. The van der Waals surface area contributed by atoms with Crippen LogP contribution < -0.4 is 5.73 Å². The Morgan fingerprint density at radius 3 is 1.27 bits per heavy atom. The summed E-state index contributed by atoms with van der Waals surface area (Å²) in [7, 11) is 0. The second-order valence-corrected chi connectivity index (χ2v) is 15.2. The van der Waals surface area contributed by atoms with Crippen molar-refractivity contribution in [2.75, 3.05) is 19.8 Å². The highest BCUT2D eigenvalue weighted by Gasteiger charge is 2.19. The van der Waals surface area contributed by atoms with Crippen LogP contribution >= 0.6 is 0 Å². The normalized spacial score (nSPS) is 12.2. The minimum absolute atomic E-state index is 0.0883. The topological polar surface area (TPSA) is 105 Å². The van der Waals surface area contributed by atoms with E-state index in [1.54, 1.807) is 0 Å². The first-order valence-electron chi connectivity index (χ1n) is 21.9. The molecule has 0 aliphatic carbocycles. The highest BCUT2D eigenvalue weighted by atomic mass is 16.6. The Kier molecular flexibility index (Phi) is 38.4. The maximum atomic E-state index is 12.6. The van der Waals surface area contributed by atoms with Gasteiger partial charge in [0, 0.05) is 19.3 Å². The Morgan fingerprint density at radius 1 is 0.481 bits per heavy atom. The molecule has 0 unspecified atom stereocenters. The molecule has 0 aromatic heterocycles. The molecule has 7 heteroatoms. The third kappa shape index (κ3) is 39.1. The Bertz CT molecular complexity index is 870. The third-order valence-electron chi connectivity index (χ3n) is 9.47. The molecular formula is C45H83NO6. The van der Waals surface area contributed by atoms with Gasteiger partial charge >= 0.3 is 17.9 Å². The van der Waals surface area contributed by atoms with Crippen LogP contribution in [-0.2, 0) is 28.6 Å². The lowest BCUT2D eigenvalue weighted by atomic mass is 10.1. The van der Waals surface area contributed by atoms with E-state index in [0.29, 0.717) is 25.2 Å². The van der Waals surface area contributed by atoms with Gasteiger partial charge in [0.1, 0.15) is 13.2 Å². The Morgan fingerprint density at radius 2 is 0.846 bits per heavy atom. The molecule has 0 radical (unpaired) electrons. The number of esters is 3. The number of hydrogen-bond donors (Lipinski definition) is 1. The summed E-state index contributed by atoms with van der Waals surface area (Å²) in [6.45, 7) is 7.00. The van der Waals surface area contributed by atoms with Crippen molar-refractivity contribution >= 4 is 17.9 Å². The molecule has 0 spiro atoms. The van der Waals surface area contributed by atoms with Crippen LogP contribution in [0.15, 0.2) is 24.3 Å². The van der Waals surface area contributed by atoms with E-state index in [0.717, 1.165) is 83.6 Å². The lowest BCUT2D eigenvalue weighted by Gasteiger charge is -2.18. The van der Waals surface area contributed by atoms with Crippen LogP contribution in [0.3, 0.4) is 0 Å². The van der Waals surface area contributed by atoms with Gasteiger partial charge in [0.25, 0.3) is 0 Å². The van der Waals surface area contributed by atoms with E-state index in [4.69, 9.17) is 19.9 Å². The molecule has 0 saturated carbocycles. The summed E-state index contributed by atoms with van der Waals surface area (Å²) in [4.78, 5) is 37.2. The van der Waals surface area contributed by atoms with Crippen LogP contribution in [0.2, 0.25) is 0 Å². The fourth-order valence-corrected chi connectivity index (χ4v) is 6.03. The zero-order valence-electron chi connectivity index (χ0n) is 34.3. The number of carbonyl (C=O) groups excluding carboxylic acids is 3. The summed E-state index contributed by atoms with van der Waals surface area (Å²) in [6.07, 6.45) is 41.0. The van der Waals surface area contributed by atoms with E-state index in [1.165, 1.54) is 96.3 Å². The summed E-state index contributed by atoms with van der Waals surface area (Å²) >= 11 is 0. The van der Waals surface area contributed by atoms with Gasteiger partial charge in [-0.15, -0.1) is 0 Å². The maximum Gasteiger partial charge on any atom is 0.306 e. The standard InChI is InChI=1S/C45H83NO6/c1-4-5-6-7-8-9-10-11-13-17-20-23-26-29-32-35-45(49)52-42(40-51-44(48)37-36-41(2)3)39-50-43(47)34-31-28-25-22-19-16-14-12-15-18-21-24-27-30-33-38-46/h11-14,41-42H,4-10,15-40,46H2,1-3H3/b13-11-,14-12-/t42-/m1/s1. The average Bonchev–Trinajstić information content (AvgIpc) is 3.13. The molecule has 0 aromatic rings. The fourth-order valence-electron chi connectivity index (χ4n) is 6.03. The summed E-state index contributed by atoms with van der Waals surface area (Å²) in [5, 5.41) is 0. The molecule has 0 saturated heterocycles. The van der Waals surface area contributed by atoms with Crippen molar-refractivity contribution in [3.05, 3.63) is 24.3 Å². The number of hydrogen-bond acceptors (Lipinski definition) is 7. The molecule has 0 heterocycles. The molecule has 52 heavy (non-hydrogen) atoms. The second kappa shape index (κ2) is 40.0. The first-order chi connectivity index (χ1) is 25.4. The predicted octanol–water partition coefficient (Wildman–Crippen LogP) is 12.4. The van der Waals surface area contributed by atoms with Gasteiger partial charge in [0.15, 0.2) is 6.10 Å². The van der Waals surface area contributed by atoms with Crippen molar-refractivity contribution in [3.8, 4) is 0 Å². The molecule has 304 valence electrons. The quantitative estimate of drug-likeness (QED) is 0.0290. The van der Waals surface area contributed by atoms with Gasteiger partial charge < -0.3 is 19.9 Å². The van der Waals surface area contributed by atoms with Crippen LogP contribution in [0, 0.1) is 5.92 Å². The van der Waals surface area contributed by atoms with Crippen LogP contribution in [0.4, 0.5) is 0 Å². The minimum atomic E-state index is -0.781. The van der Waals surface area contributed by atoms with E-state index < -0.39 is 6.10 Å². The summed E-state index contributed by atoms with van der Waals surface area (Å²) in [6, 6.07) is 0. The maximum absolute atomic E-state index is 12.6. The monoisotopic (exact) mass is 734 g/mol. The van der Waals surface area contributed by atoms with Gasteiger partial charge in [-0.25, -0.2) is 0 Å². The molecule has 2 N–H and O–H groups in total. The Balaban J connectivity index is 4.14. The van der Waals surface area contributed by atoms with Crippen molar-refractivity contribution < 1.29 is 28.6 Å². The van der Waals surface area contributed by atoms with Gasteiger partial charge in [-0.05, 0) is 89.5 Å². The number of ether oxygens (including phenoxy) is 3. The number of allylic oxidation sites excluding steroid dienone is 4. The Hall–Kier alpha value is -2.15. The van der Waals surface area contributed by atoms with E-state index in [-0.39, 0.29) is 31.1 Å². The highest BCUT2D eigenvalue weighted by molar-refractivity contribution is 5.71. The third-order valence-corrected chi connectivity index (χ3v) is 9.47. The van der Waals surface area contributed by atoms with Crippen molar-refractivity contribution in [2.45, 2.75) is 219 Å². The summed E-state index contributed by atoms with van der Waals surface area (Å²) < 4.78 is 16.5. The summed E-state index contributed by atoms with van der Waals surface area (Å²) in [5.41, 5.74) is 5.54. The first-order valence-corrected chi connectivity index (χ1v) is 21.9. The number of carbonyl (C=O) groups is 3. The molecule has 0 aliphatic heterocycles. The molecule has 7 nitrogen and oxygen atoms in total. The predicted molar refractivity (Wildman–Crippen MR) is 218 cm³/mol. The molecule has 0 amide bonds. The van der Waals surface area contributed by atoms with Gasteiger partial charge in [-0.1, -0.05) is 141 Å². The van der Waals surface area contributed by atoms with Gasteiger partial charge in [-0.2, -0.15) is 0 Å². The summed E-state index contributed by atoms with van der Waals surface area (Å²) in [5.74, 6) is -0.557. The molecule has 0 bridgehead atoms. The van der Waals surface area contributed by atoms with Crippen LogP contribution in [0.5, 0.6) is 0 Å². The van der Waals surface area contributed by atoms with E-state index in [1.807, 2.05) is 0 Å². The first kappa shape index (κ1) is 49.9. The van der Waals surface area contributed by atoms with Crippen molar-refractivity contribution in [1.29, 1.82) is 0 Å². The molecule has 1 atom stereocenters. The van der Waals surface area contributed by atoms with E-state index >= 15 is 0 Å². The molecule has 0 rings (SSSR count). The van der Waals surface area contributed by atoms with Gasteiger partial charge in [0.05, 0.1) is 0 Å². The second-order valence-electron chi connectivity index (χ2n) is 15.2. The Labute approximate surface area is 321 Å². The van der Waals surface area contributed by atoms with Crippen LogP contribution in [-0.4, -0.2) is 43.8 Å². The van der Waals surface area contributed by atoms with E-state index in [2.05, 4.69) is 45.1 Å². The molecule has 0 aliphatic rings. The largest absolute Gasteiger partial charge is 0.462 e. The minimum Gasteiger partial charge on any atom is -0.462 e. The SMILES string of the molecule is CCCCCCCC/C=C\CCCCCCCC(=O)O[C@H](COC(=O)CCCCCCC/C=C\CCCCCCCCN)COC(=O)CCC(C)C. The molecular weight excluding hydrogens is 650 g/mol. The zero-order chi connectivity index (χ0) is 38.2. The van der Waals surface area contributed by atoms with Gasteiger partial charge in [-0.3, -0.25) is 14.4 Å². The van der Waals surface area contributed by atoms with Crippen molar-refractivity contribution in [2.24, 2.45) is 11.7 Å². The van der Waals surface area contributed by atoms with E-state index in [9.17, 15) is 14.4 Å². The van der Waals surface area contributed by atoms with Crippen molar-refractivity contribution in [1.82, 2.24) is 0 Å². The molecule has 0 fully saturated rings. The lowest BCUT2D eigenvalue weighted by Crippen LogP contribution is -2.31. The zero-order valence-corrected chi connectivity index (χ0v) is 34.3. The highest BCUT2D eigenvalue weighted by Crippen LogP contribution is 2.13. The lowest BCUT2D eigenvalue weighted by molar-refractivity contribution is -0.167.